The number of aromatic nitrogens is 2. The SMILES string of the molecule is Cc1ncc(S(=O)(=O)NCC2(CO)CC2)[nH]1. The third-order valence-electron chi connectivity index (χ3n) is 2.90. The normalized spacial score (nSPS) is 18.6. The topological polar surface area (TPSA) is 95.1 Å². The van der Waals surface area contributed by atoms with Crippen LogP contribution in [0.25, 0.3) is 0 Å². The lowest BCUT2D eigenvalue weighted by Crippen LogP contribution is -2.32. The van der Waals surface area contributed by atoms with Gasteiger partial charge in [-0.2, -0.15) is 0 Å². The van der Waals surface area contributed by atoms with Gasteiger partial charge in [-0.3, -0.25) is 0 Å². The van der Waals surface area contributed by atoms with E-state index in [2.05, 4.69) is 14.7 Å². The molecular weight excluding hydrogens is 230 g/mol. The van der Waals surface area contributed by atoms with Crippen LogP contribution in [0, 0.1) is 12.3 Å². The van der Waals surface area contributed by atoms with Crippen LogP contribution in [0.4, 0.5) is 0 Å². The van der Waals surface area contributed by atoms with Gasteiger partial charge in [0.25, 0.3) is 10.0 Å². The molecule has 0 unspecified atom stereocenters. The molecule has 1 aliphatic rings. The van der Waals surface area contributed by atoms with Crippen LogP contribution < -0.4 is 4.72 Å². The molecule has 1 aromatic heterocycles. The van der Waals surface area contributed by atoms with Gasteiger partial charge in [0.2, 0.25) is 0 Å². The van der Waals surface area contributed by atoms with E-state index in [0.717, 1.165) is 12.8 Å². The van der Waals surface area contributed by atoms with Gasteiger partial charge in [0.1, 0.15) is 5.82 Å². The molecule has 2 rings (SSSR count). The number of nitrogens with one attached hydrogen (secondary N) is 2. The first-order valence-electron chi connectivity index (χ1n) is 5.10. The van der Waals surface area contributed by atoms with Crippen molar-refractivity contribution in [2.24, 2.45) is 5.41 Å². The molecule has 0 spiro atoms. The van der Waals surface area contributed by atoms with E-state index in [0.29, 0.717) is 5.82 Å². The van der Waals surface area contributed by atoms with Crippen molar-refractivity contribution in [3.05, 3.63) is 12.0 Å². The summed E-state index contributed by atoms with van der Waals surface area (Å²) in [5.74, 6) is 0.559. The van der Waals surface area contributed by atoms with E-state index in [-0.39, 0.29) is 23.6 Å². The quantitative estimate of drug-likeness (QED) is 0.667. The van der Waals surface area contributed by atoms with Crippen LogP contribution in [0.3, 0.4) is 0 Å². The Kier molecular flexibility index (Phi) is 2.77. The number of aryl methyl sites for hydroxylation is 1. The smallest absolute Gasteiger partial charge is 0.257 e. The largest absolute Gasteiger partial charge is 0.396 e. The van der Waals surface area contributed by atoms with E-state index in [1.807, 2.05) is 0 Å². The summed E-state index contributed by atoms with van der Waals surface area (Å²) >= 11 is 0. The van der Waals surface area contributed by atoms with Crippen LogP contribution in [0.1, 0.15) is 18.7 Å². The molecule has 1 heterocycles. The zero-order valence-electron chi connectivity index (χ0n) is 9.02. The molecule has 1 aliphatic carbocycles. The molecule has 6 nitrogen and oxygen atoms in total. The average molecular weight is 245 g/mol. The molecule has 0 saturated heterocycles. The molecule has 0 radical (unpaired) electrons. The van der Waals surface area contributed by atoms with Gasteiger partial charge in [0.05, 0.1) is 6.20 Å². The van der Waals surface area contributed by atoms with E-state index in [9.17, 15) is 8.42 Å². The van der Waals surface area contributed by atoms with Crippen LogP contribution in [-0.2, 0) is 10.0 Å². The molecule has 1 saturated carbocycles. The van der Waals surface area contributed by atoms with Gasteiger partial charge in [-0.1, -0.05) is 0 Å². The van der Waals surface area contributed by atoms with Gasteiger partial charge >= 0.3 is 0 Å². The van der Waals surface area contributed by atoms with Crippen LogP contribution in [0.5, 0.6) is 0 Å². The van der Waals surface area contributed by atoms with Crippen LogP contribution in [0.2, 0.25) is 0 Å². The molecule has 0 aliphatic heterocycles. The number of aliphatic hydroxyl groups is 1. The van der Waals surface area contributed by atoms with Crippen LogP contribution in [0.15, 0.2) is 11.2 Å². The minimum Gasteiger partial charge on any atom is -0.396 e. The number of nitrogens with zero attached hydrogens (tertiary/aromatic N) is 1. The maximum Gasteiger partial charge on any atom is 0.257 e. The Morgan fingerprint density at radius 1 is 1.62 bits per heavy atom. The lowest BCUT2D eigenvalue weighted by molar-refractivity contribution is 0.213. The molecule has 16 heavy (non-hydrogen) atoms. The summed E-state index contributed by atoms with van der Waals surface area (Å²) < 4.78 is 26.0. The number of hydrogen-bond acceptors (Lipinski definition) is 4. The minimum absolute atomic E-state index is 0.0253. The lowest BCUT2D eigenvalue weighted by atomic mass is 10.1. The molecule has 1 fully saturated rings. The summed E-state index contributed by atoms with van der Waals surface area (Å²) in [6, 6.07) is 0. The Bertz CT molecular complexity index is 476. The van der Waals surface area contributed by atoms with E-state index in [1.165, 1.54) is 6.20 Å². The first-order chi connectivity index (χ1) is 7.47. The predicted molar refractivity (Wildman–Crippen MR) is 57.3 cm³/mol. The van der Waals surface area contributed by atoms with Crippen molar-refractivity contribution in [2.45, 2.75) is 24.8 Å². The minimum atomic E-state index is -3.52. The Morgan fingerprint density at radius 2 is 2.31 bits per heavy atom. The predicted octanol–water partition coefficient (Wildman–Crippen LogP) is -0.231. The molecule has 0 aromatic carbocycles. The first kappa shape index (κ1) is 11.6. The zero-order valence-corrected chi connectivity index (χ0v) is 9.84. The first-order valence-corrected chi connectivity index (χ1v) is 6.58. The van der Waals surface area contributed by atoms with Crippen molar-refractivity contribution in [1.29, 1.82) is 0 Å². The summed E-state index contributed by atoms with van der Waals surface area (Å²) in [4.78, 5) is 6.51. The molecule has 3 N–H and O–H groups in total. The summed E-state index contributed by atoms with van der Waals surface area (Å²) in [6.45, 7) is 2.00. The number of rotatable bonds is 5. The second-order valence-corrected chi connectivity index (χ2v) is 6.05. The van der Waals surface area contributed by atoms with Gasteiger partial charge in [0.15, 0.2) is 5.03 Å². The highest BCUT2D eigenvalue weighted by atomic mass is 32.2. The Labute approximate surface area is 94.1 Å². The van der Waals surface area contributed by atoms with E-state index in [1.54, 1.807) is 6.92 Å². The van der Waals surface area contributed by atoms with Gasteiger partial charge in [0, 0.05) is 18.6 Å². The number of H-pyrrole nitrogens is 1. The van der Waals surface area contributed by atoms with E-state index < -0.39 is 10.0 Å². The van der Waals surface area contributed by atoms with Crippen molar-refractivity contribution < 1.29 is 13.5 Å². The van der Waals surface area contributed by atoms with Gasteiger partial charge in [-0.25, -0.2) is 18.1 Å². The fraction of sp³-hybridized carbons (Fsp3) is 0.667. The maximum atomic E-state index is 11.8. The zero-order chi connectivity index (χ0) is 11.8. The van der Waals surface area contributed by atoms with Crippen molar-refractivity contribution >= 4 is 10.0 Å². The fourth-order valence-corrected chi connectivity index (χ4v) is 2.55. The van der Waals surface area contributed by atoms with Crippen molar-refractivity contribution in [3.8, 4) is 0 Å². The van der Waals surface area contributed by atoms with Crippen molar-refractivity contribution in [1.82, 2.24) is 14.7 Å². The molecule has 1 aromatic rings. The number of sulfonamides is 1. The van der Waals surface area contributed by atoms with Crippen molar-refractivity contribution in [3.63, 3.8) is 0 Å². The Hall–Kier alpha value is -0.920. The van der Waals surface area contributed by atoms with Gasteiger partial charge in [-0.05, 0) is 19.8 Å². The van der Waals surface area contributed by atoms with Gasteiger partial charge < -0.3 is 10.1 Å². The highest BCUT2D eigenvalue weighted by Crippen LogP contribution is 2.44. The standard InChI is InChI=1S/C9H15N3O3S/c1-7-10-4-8(12-7)16(14,15)11-5-9(6-13)2-3-9/h4,11,13H,2-3,5-6H2,1H3,(H,10,12). The maximum absolute atomic E-state index is 11.8. The van der Waals surface area contributed by atoms with E-state index >= 15 is 0 Å². The molecule has 0 amide bonds. The summed E-state index contributed by atoms with van der Waals surface area (Å²) in [7, 11) is -3.52. The highest BCUT2D eigenvalue weighted by Gasteiger charge is 2.42. The summed E-state index contributed by atoms with van der Waals surface area (Å²) in [6.07, 6.45) is 3.03. The number of aliphatic hydroxyl groups excluding tert-OH is 1. The summed E-state index contributed by atoms with van der Waals surface area (Å²) in [5, 5.41) is 9.14. The monoisotopic (exact) mass is 245 g/mol. The third-order valence-corrected chi connectivity index (χ3v) is 4.21. The molecular formula is C9H15N3O3S. The second kappa shape index (κ2) is 3.83. The Balaban J connectivity index is 2.04. The van der Waals surface area contributed by atoms with Gasteiger partial charge in [-0.15, -0.1) is 0 Å². The van der Waals surface area contributed by atoms with Crippen LogP contribution >= 0.6 is 0 Å². The fourth-order valence-electron chi connectivity index (χ4n) is 1.43. The molecule has 7 heteroatoms. The number of aromatic amines is 1. The Morgan fingerprint density at radius 3 is 2.75 bits per heavy atom. The van der Waals surface area contributed by atoms with Crippen LogP contribution in [-0.4, -0.2) is 36.6 Å². The average Bonchev–Trinajstić information content (AvgIpc) is 2.91. The molecule has 90 valence electrons. The number of hydrogen-bond donors (Lipinski definition) is 3. The lowest BCUT2D eigenvalue weighted by Gasteiger charge is -2.11. The summed E-state index contributed by atoms with van der Waals surface area (Å²) in [5.41, 5.74) is -0.234. The van der Waals surface area contributed by atoms with Crippen molar-refractivity contribution in [2.75, 3.05) is 13.2 Å². The molecule has 0 atom stereocenters. The molecule has 0 bridgehead atoms. The highest BCUT2D eigenvalue weighted by molar-refractivity contribution is 7.89. The number of imidazole rings is 1. The third kappa shape index (κ3) is 2.26. The second-order valence-electron chi connectivity index (χ2n) is 4.32. The van der Waals surface area contributed by atoms with E-state index in [4.69, 9.17) is 5.11 Å².